The van der Waals surface area contributed by atoms with E-state index in [1.807, 2.05) is 6.07 Å². The molecule has 0 aromatic heterocycles. The highest BCUT2D eigenvalue weighted by atomic mass is 35.5. The maximum absolute atomic E-state index is 6.18. The van der Waals surface area contributed by atoms with Gasteiger partial charge >= 0.3 is 0 Å². The van der Waals surface area contributed by atoms with Crippen LogP contribution >= 0.6 is 11.6 Å². The number of halogens is 1. The van der Waals surface area contributed by atoms with Crippen LogP contribution in [0.25, 0.3) is 0 Å². The van der Waals surface area contributed by atoms with Crippen LogP contribution in [0, 0.1) is 0 Å². The molecule has 0 saturated carbocycles. The Morgan fingerprint density at radius 3 is 2.75 bits per heavy atom. The Morgan fingerprint density at radius 1 is 1.35 bits per heavy atom. The van der Waals surface area contributed by atoms with Crippen LogP contribution < -0.4 is 10.2 Å². The first kappa shape index (κ1) is 15.6. The van der Waals surface area contributed by atoms with Crippen molar-refractivity contribution in [2.24, 2.45) is 0 Å². The molecule has 0 unspecified atom stereocenters. The van der Waals surface area contributed by atoms with E-state index in [4.69, 9.17) is 16.3 Å². The molecular weight excluding hydrogens is 272 g/mol. The van der Waals surface area contributed by atoms with Gasteiger partial charge in [0.25, 0.3) is 0 Å². The number of rotatable bonds is 6. The van der Waals surface area contributed by atoms with Crippen molar-refractivity contribution in [1.82, 2.24) is 5.32 Å². The molecule has 0 aliphatic carbocycles. The predicted molar refractivity (Wildman–Crippen MR) is 85.7 cm³/mol. The topological polar surface area (TPSA) is 24.5 Å². The van der Waals surface area contributed by atoms with Gasteiger partial charge in [0.05, 0.1) is 6.10 Å². The van der Waals surface area contributed by atoms with Crippen LogP contribution in [0.2, 0.25) is 5.02 Å². The van der Waals surface area contributed by atoms with Gasteiger partial charge < -0.3 is 15.0 Å². The third kappa shape index (κ3) is 4.11. The number of benzene rings is 1. The summed E-state index contributed by atoms with van der Waals surface area (Å²) < 4.78 is 5.44. The molecule has 3 nitrogen and oxygen atoms in total. The number of piperidine rings is 1. The van der Waals surface area contributed by atoms with E-state index in [2.05, 4.69) is 29.3 Å². The number of hydrogen-bond acceptors (Lipinski definition) is 3. The molecule has 112 valence electrons. The van der Waals surface area contributed by atoms with Crippen molar-refractivity contribution < 1.29 is 4.74 Å². The quantitative estimate of drug-likeness (QED) is 0.814. The molecule has 1 heterocycles. The maximum Gasteiger partial charge on any atom is 0.0605 e. The molecule has 2 rings (SSSR count). The molecule has 1 N–H and O–H groups in total. The summed E-state index contributed by atoms with van der Waals surface area (Å²) in [5, 5.41) is 4.29. The van der Waals surface area contributed by atoms with Crippen LogP contribution in [0.15, 0.2) is 18.2 Å². The number of ether oxygens (including phenoxy) is 1. The highest BCUT2D eigenvalue weighted by molar-refractivity contribution is 6.30. The van der Waals surface area contributed by atoms with Crippen LogP contribution in [0.4, 0.5) is 5.69 Å². The summed E-state index contributed by atoms with van der Waals surface area (Å²) >= 11 is 6.18. The van der Waals surface area contributed by atoms with E-state index >= 15 is 0 Å². The van der Waals surface area contributed by atoms with Crippen molar-refractivity contribution in [2.45, 2.75) is 38.8 Å². The zero-order valence-corrected chi connectivity index (χ0v) is 13.2. The number of methoxy groups -OCH3 is 1. The van der Waals surface area contributed by atoms with Gasteiger partial charge in [0, 0.05) is 37.5 Å². The van der Waals surface area contributed by atoms with Crippen molar-refractivity contribution in [3.05, 3.63) is 28.8 Å². The van der Waals surface area contributed by atoms with E-state index in [1.54, 1.807) is 7.11 Å². The first-order valence-corrected chi connectivity index (χ1v) is 7.89. The van der Waals surface area contributed by atoms with Crippen LogP contribution in [0.1, 0.15) is 31.7 Å². The first-order chi connectivity index (χ1) is 9.74. The van der Waals surface area contributed by atoms with E-state index in [-0.39, 0.29) is 0 Å². The third-order valence-electron chi connectivity index (χ3n) is 3.91. The van der Waals surface area contributed by atoms with Gasteiger partial charge in [-0.2, -0.15) is 0 Å². The molecule has 0 spiro atoms. The molecule has 0 bridgehead atoms. The molecule has 4 heteroatoms. The fourth-order valence-electron chi connectivity index (χ4n) is 2.71. The van der Waals surface area contributed by atoms with Crippen LogP contribution in [-0.2, 0) is 11.3 Å². The summed E-state index contributed by atoms with van der Waals surface area (Å²) in [6.07, 6.45) is 3.74. The normalized spacial score (nSPS) is 16.6. The minimum atomic E-state index is 0.409. The molecule has 1 fully saturated rings. The van der Waals surface area contributed by atoms with Crippen molar-refractivity contribution in [1.29, 1.82) is 0 Å². The molecule has 0 atom stereocenters. The number of nitrogens with zero attached hydrogens (tertiary/aromatic N) is 1. The van der Waals surface area contributed by atoms with Crippen LogP contribution in [0.3, 0.4) is 0 Å². The molecule has 0 amide bonds. The largest absolute Gasteiger partial charge is 0.381 e. The zero-order chi connectivity index (χ0) is 14.4. The van der Waals surface area contributed by atoms with Gasteiger partial charge in [-0.3, -0.25) is 0 Å². The van der Waals surface area contributed by atoms with Gasteiger partial charge in [-0.15, -0.1) is 0 Å². The van der Waals surface area contributed by atoms with Crippen LogP contribution in [0.5, 0.6) is 0 Å². The molecule has 1 saturated heterocycles. The standard InChI is InChI=1S/C16H25ClN2O/c1-3-8-18-12-13-4-5-14(17)11-16(13)19-9-6-15(20-2)7-10-19/h4-5,11,15,18H,3,6-10,12H2,1-2H3. The van der Waals surface area contributed by atoms with Gasteiger partial charge in [-0.25, -0.2) is 0 Å². The van der Waals surface area contributed by atoms with E-state index in [0.717, 1.165) is 50.5 Å². The fraction of sp³-hybridized carbons (Fsp3) is 0.625. The maximum atomic E-state index is 6.18. The predicted octanol–water partition coefficient (Wildman–Crippen LogP) is 3.45. The Morgan fingerprint density at radius 2 is 2.10 bits per heavy atom. The van der Waals surface area contributed by atoms with Crippen LogP contribution in [-0.4, -0.2) is 32.8 Å². The average Bonchev–Trinajstić information content (AvgIpc) is 2.49. The van der Waals surface area contributed by atoms with Gasteiger partial charge in [0.2, 0.25) is 0 Å². The van der Waals surface area contributed by atoms with E-state index < -0.39 is 0 Å². The number of hydrogen-bond donors (Lipinski definition) is 1. The lowest BCUT2D eigenvalue weighted by molar-refractivity contribution is 0.0819. The lowest BCUT2D eigenvalue weighted by Crippen LogP contribution is -2.37. The summed E-state index contributed by atoms with van der Waals surface area (Å²) in [6, 6.07) is 6.22. The Bertz CT molecular complexity index is 417. The van der Waals surface area contributed by atoms with Crippen molar-refractivity contribution in [3.8, 4) is 0 Å². The lowest BCUT2D eigenvalue weighted by atomic mass is 10.0. The Hall–Kier alpha value is -0.770. The molecule has 20 heavy (non-hydrogen) atoms. The summed E-state index contributed by atoms with van der Waals surface area (Å²) in [7, 11) is 1.81. The van der Waals surface area contributed by atoms with Crippen molar-refractivity contribution in [2.75, 3.05) is 31.6 Å². The monoisotopic (exact) mass is 296 g/mol. The highest BCUT2D eigenvalue weighted by Gasteiger charge is 2.20. The van der Waals surface area contributed by atoms with Crippen molar-refractivity contribution in [3.63, 3.8) is 0 Å². The van der Waals surface area contributed by atoms with Gasteiger partial charge in [-0.1, -0.05) is 24.6 Å². The van der Waals surface area contributed by atoms with E-state index in [9.17, 15) is 0 Å². The second-order valence-corrected chi connectivity index (χ2v) is 5.81. The minimum Gasteiger partial charge on any atom is -0.381 e. The van der Waals surface area contributed by atoms with E-state index in [0.29, 0.717) is 6.10 Å². The molecular formula is C16H25ClN2O. The SMILES string of the molecule is CCCNCc1ccc(Cl)cc1N1CCC(OC)CC1. The highest BCUT2D eigenvalue weighted by Crippen LogP contribution is 2.28. The molecule has 0 radical (unpaired) electrons. The summed E-state index contributed by atoms with van der Waals surface area (Å²) in [5.74, 6) is 0. The van der Waals surface area contributed by atoms with Gasteiger partial charge in [-0.05, 0) is 43.5 Å². The zero-order valence-electron chi connectivity index (χ0n) is 12.5. The molecule has 1 aliphatic rings. The Balaban J connectivity index is 2.06. The molecule has 1 aromatic carbocycles. The Kier molecular flexibility index (Phi) is 6.14. The molecule has 1 aliphatic heterocycles. The van der Waals surface area contributed by atoms with Crippen molar-refractivity contribution >= 4 is 17.3 Å². The number of nitrogens with one attached hydrogen (secondary N) is 1. The average molecular weight is 297 g/mol. The van der Waals surface area contributed by atoms with E-state index in [1.165, 1.54) is 11.3 Å². The summed E-state index contributed by atoms with van der Waals surface area (Å²) in [6.45, 7) is 6.23. The lowest BCUT2D eigenvalue weighted by Gasteiger charge is -2.34. The smallest absolute Gasteiger partial charge is 0.0605 e. The Labute approximate surface area is 127 Å². The first-order valence-electron chi connectivity index (χ1n) is 7.51. The van der Waals surface area contributed by atoms with Gasteiger partial charge in [0.15, 0.2) is 0 Å². The minimum absolute atomic E-state index is 0.409. The molecule has 1 aromatic rings. The second-order valence-electron chi connectivity index (χ2n) is 5.37. The third-order valence-corrected chi connectivity index (χ3v) is 4.14. The number of anilines is 1. The van der Waals surface area contributed by atoms with Gasteiger partial charge in [0.1, 0.15) is 0 Å². The summed E-state index contributed by atoms with van der Waals surface area (Å²) in [4.78, 5) is 2.43. The fourth-order valence-corrected chi connectivity index (χ4v) is 2.88. The second kappa shape index (κ2) is 7.87. The summed E-state index contributed by atoms with van der Waals surface area (Å²) in [5.41, 5.74) is 2.61.